The molecule has 138 valence electrons. The Morgan fingerprint density at radius 1 is 1.04 bits per heavy atom. The lowest BCUT2D eigenvalue weighted by molar-refractivity contribution is 0.983. The fraction of sp³-hybridized carbons (Fsp3) is 0.154. The summed E-state index contributed by atoms with van der Waals surface area (Å²) in [5.41, 5.74) is 9.08. The van der Waals surface area contributed by atoms with Crippen molar-refractivity contribution in [2.75, 3.05) is 0 Å². The van der Waals surface area contributed by atoms with Gasteiger partial charge in [0.15, 0.2) is 0 Å². The quantitative estimate of drug-likeness (QED) is 0.583. The number of hydrogen-bond acceptors (Lipinski definition) is 2. The van der Waals surface area contributed by atoms with Gasteiger partial charge in [0.05, 0.1) is 18.0 Å². The molecule has 0 fully saturated rings. The zero-order chi connectivity index (χ0) is 19.3. The van der Waals surface area contributed by atoms with Crippen LogP contribution in [0.15, 0.2) is 88.4 Å². The third-order valence-corrected chi connectivity index (χ3v) is 5.15. The molecule has 2 aromatic rings. The summed E-state index contributed by atoms with van der Waals surface area (Å²) in [5.74, 6) is 0. The molecule has 0 radical (unpaired) electrons. The van der Waals surface area contributed by atoms with Crippen molar-refractivity contribution in [2.45, 2.75) is 26.3 Å². The van der Waals surface area contributed by atoms with E-state index in [4.69, 9.17) is 4.99 Å². The monoisotopic (exact) mass is 364 g/mol. The summed E-state index contributed by atoms with van der Waals surface area (Å²) >= 11 is 0. The van der Waals surface area contributed by atoms with Crippen LogP contribution in [0, 0.1) is 6.92 Å². The van der Waals surface area contributed by atoms with Gasteiger partial charge in [-0.25, -0.2) is 0 Å². The maximum atomic E-state index is 4.90. The number of hydrogen-bond donors (Lipinski definition) is 0. The van der Waals surface area contributed by atoms with Gasteiger partial charge in [-0.3, -0.25) is 9.98 Å². The Balaban J connectivity index is 1.77. The lowest BCUT2D eigenvalue weighted by Crippen LogP contribution is -2.06. The minimum atomic E-state index is 0.649. The van der Waals surface area contributed by atoms with E-state index in [0.717, 1.165) is 35.4 Å². The number of benzene rings is 2. The van der Waals surface area contributed by atoms with Gasteiger partial charge in [-0.1, -0.05) is 78.4 Å². The number of aryl methyl sites for hydroxylation is 2. The van der Waals surface area contributed by atoms with E-state index in [9.17, 15) is 0 Å². The highest BCUT2D eigenvalue weighted by atomic mass is 14.8. The Bertz CT molecular complexity index is 1060. The van der Waals surface area contributed by atoms with Crippen LogP contribution in [-0.4, -0.2) is 12.4 Å². The SMILES string of the molecule is C=N/C(=C1/C=CC=CC1=NCc1cccc(C)c1)c1cccc2c1C=CCC2. The van der Waals surface area contributed by atoms with Crippen LogP contribution in [0.4, 0.5) is 0 Å². The molecule has 28 heavy (non-hydrogen) atoms. The minimum absolute atomic E-state index is 0.649. The third-order valence-electron chi connectivity index (χ3n) is 5.15. The Morgan fingerprint density at radius 3 is 2.75 bits per heavy atom. The van der Waals surface area contributed by atoms with Crippen molar-refractivity contribution in [3.63, 3.8) is 0 Å². The van der Waals surface area contributed by atoms with Gasteiger partial charge in [0.1, 0.15) is 0 Å². The van der Waals surface area contributed by atoms with Crippen LogP contribution in [0.2, 0.25) is 0 Å². The van der Waals surface area contributed by atoms with Gasteiger partial charge in [0, 0.05) is 11.1 Å². The summed E-state index contributed by atoms with van der Waals surface area (Å²) in [5, 5.41) is 0. The average Bonchev–Trinajstić information content (AvgIpc) is 2.74. The number of nitrogens with zero attached hydrogens (tertiary/aromatic N) is 2. The van der Waals surface area contributed by atoms with Gasteiger partial charge in [-0.2, -0.15) is 0 Å². The smallest absolute Gasteiger partial charge is 0.0794 e. The first kappa shape index (κ1) is 18.1. The summed E-state index contributed by atoms with van der Waals surface area (Å²) in [7, 11) is 0. The lowest BCUT2D eigenvalue weighted by Gasteiger charge is -2.18. The highest BCUT2D eigenvalue weighted by molar-refractivity contribution is 6.16. The second kappa shape index (κ2) is 8.18. The highest BCUT2D eigenvalue weighted by Gasteiger charge is 2.17. The van der Waals surface area contributed by atoms with Gasteiger partial charge >= 0.3 is 0 Å². The van der Waals surface area contributed by atoms with Crippen LogP contribution in [0.5, 0.6) is 0 Å². The molecule has 2 nitrogen and oxygen atoms in total. The van der Waals surface area contributed by atoms with Crippen molar-refractivity contribution < 1.29 is 0 Å². The molecule has 0 heterocycles. The van der Waals surface area contributed by atoms with Gasteiger partial charge < -0.3 is 0 Å². The van der Waals surface area contributed by atoms with Crippen molar-refractivity contribution in [2.24, 2.45) is 9.98 Å². The van der Waals surface area contributed by atoms with E-state index in [1.165, 1.54) is 22.3 Å². The molecule has 4 rings (SSSR count). The molecule has 0 amide bonds. The highest BCUT2D eigenvalue weighted by Crippen LogP contribution is 2.32. The molecule has 0 N–H and O–H groups in total. The Kier molecular flexibility index (Phi) is 5.29. The predicted octanol–water partition coefficient (Wildman–Crippen LogP) is 6.13. The molecular weight excluding hydrogens is 340 g/mol. The largest absolute Gasteiger partial charge is 0.280 e. The zero-order valence-corrected chi connectivity index (χ0v) is 16.2. The molecule has 0 saturated heterocycles. The molecule has 0 aromatic heterocycles. The summed E-state index contributed by atoms with van der Waals surface area (Å²) in [4.78, 5) is 9.34. The molecule has 0 saturated carbocycles. The van der Waals surface area contributed by atoms with Crippen molar-refractivity contribution in [3.05, 3.63) is 106 Å². The molecule has 0 atom stereocenters. The van der Waals surface area contributed by atoms with E-state index in [-0.39, 0.29) is 0 Å². The number of rotatable bonds is 4. The molecular formula is C26H24N2. The topological polar surface area (TPSA) is 24.7 Å². The van der Waals surface area contributed by atoms with Gasteiger partial charge in [0.2, 0.25) is 0 Å². The van der Waals surface area contributed by atoms with Crippen LogP contribution < -0.4 is 0 Å². The molecule has 2 aliphatic rings. The van der Waals surface area contributed by atoms with E-state index in [1.807, 2.05) is 12.2 Å². The van der Waals surface area contributed by atoms with E-state index in [0.29, 0.717) is 6.54 Å². The predicted molar refractivity (Wildman–Crippen MR) is 121 cm³/mol. The maximum Gasteiger partial charge on any atom is 0.0794 e. The fourth-order valence-electron chi connectivity index (χ4n) is 3.79. The normalized spacial score (nSPS) is 18.2. The minimum Gasteiger partial charge on any atom is -0.280 e. The molecule has 0 aliphatic heterocycles. The number of allylic oxidation sites excluding steroid dienone is 6. The number of fused-ring (bicyclic) bond motifs is 1. The summed E-state index contributed by atoms with van der Waals surface area (Å²) < 4.78 is 0. The van der Waals surface area contributed by atoms with Gasteiger partial charge in [0.25, 0.3) is 0 Å². The molecule has 0 bridgehead atoms. The van der Waals surface area contributed by atoms with Gasteiger partial charge in [-0.05, 0) is 49.2 Å². The van der Waals surface area contributed by atoms with Crippen LogP contribution in [0.3, 0.4) is 0 Å². The molecule has 2 heteroatoms. The van der Waals surface area contributed by atoms with E-state index < -0.39 is 0 Å². The Morgan fingerprint density at radius 2 is 1.89 bits per heavy atom. The fourth-order valence-corrected chi connectivity index (χ4v) is 3.79. The van der Waals surface area contributed by atoms with Crippen molar-refractivity contribution >= 4 is 24.2 Å². The van der Waals surface area contributed by atoms with Crippen molar-refractivity contribution in [1.29, 1.82) is 0 Å². The van der Waals surface area contributed by atoms with Crippen LogP contribution >= 0.6 is 0 Å². The first-order valence-electron chi connectivity index (χ1n) is 9.71. The summed E-state index contributed by atoms with van der Waals surface area (Å²) in [6.07, 6.45) is 14.8. The Labute approximate surface area is 167 Å². The average molecular weight is 364 g/mol. The van der Waals surface area contributed by atoms with Gasteiger partial charge in [-0.15, -0.1) is 0 Å². The third kappa shape index (κ3) is 3.72. The molecule has 0 unspecified atom stereocenters. The van der Waals surface area contributed by atoms with E-state index >= 15 is 0 Å². The van der Waals surface area contributed by atoms with Crippen LogP contribution in [-0.2, 0) is 13.0 Å². The van der Waals surface area contributed by atoms with Crippen LogP contribution in [0.25, 0.3) is 11.8 Å². The standard InChI is InChI=1S/C26H24N2/c1-19-9-7-10-20(17-19)18-28-25-16-6-5-14-24(25)26(27-2)23-15-8-12-21-11-3-4-13-22(21)23/h4-10,12-17H,2-3,11,18H2,1H3/b26-24-,28-25?. The van der Waals surface area contributed by atoms with E-state index in [2.05, 4.69) is 85.4 Å². The van der Waals surface area contributed by atoms with Crippen molar-refractivity contribution in [3.8, 4) is 0 Å². The van der Waals surface area contributed by atoms with Crippen LogP contribution in [0.1, 0.15) is 34.2 Å². The van der Waals surface area contributed by atoms with Crippen molar-refractivity contribution in [1.82, 2.24) is 0 Å². The summed E-state index contributed by atoms with van der Waals surface area (Å²) in [6.45, 7) is 6.64. The second-order valence-electron chi connectivity index (χ2n) is 7.15. The maximum absolute atomic E-state index is 4.90. The van der Waals surface area contributed by atoms with E-state index in [1.54, 1.807) is 0 Å². The second-order valence-corrected chi connectivity index (χ2v) is 7.15. The summed E-state index contributed by atoms with van der Waals surface area (Å²) in [6, 6.07) is 14.9. The first-order chi connectivity index (χ1) is 13.8. The molecule has 2 aliphatic carbocycles. The molecule has 0 spiro atoms. The first-order valence-corrected chi connectivity index (χ1v) is 9.71. The number of aliphatic imine (C=N–C) groups is 2. The Hall–Kier alpha value is -3.26. The zero-order valence-electron chi connectivity index (χ0n) is 16.2. The lowest BCUT2D eigenvalue weighted by atomic mass is 9.89. The molecule has 2 aromatic carbocycles.